The van der Waals surface area contributed by atoms with Crippen LogP contribution in [0.25, 0.3) is 0 Å². The van der Waals surface area contributed by atoms with Crippen molar-refractivity contribution in [1.29, 1.82) is 0 Å². The summed E-state index contributed by atoms with van der Waals surface area (Å²) in [5, 5.41) is 3.61. The summed E-state index contributed by atoms with van der Waals surface area (Å²) in [5.41, 5.74) is 3.16. The first-order chi connectivity index (χ1) is 11.6. The monoisotopic (exact) mass is 347 g/mol. The maximum Gasteiger partial charge on any atom is 0.344 e. The van der Waals surface area contributed by atoms with Crippen LogP contribution in [0.1, 0.15) is 48.0 Å². The summed E-state index contributed by atoms with van der Waals surface area (Å²) in [7, 11) is 0. The average molecular weight is 347 g/mol. The van der Waals surface area contributed by atoms with Gasteiger partial charge in [-0.15, -0.1) is 0 Å². The van der Waals surface area contributed by atoms with Gasteiger partial charge >= 0.3 is 6.03 Å². The van der Waals surface area contributed by atoms with Gasteiger partial charge in [-0.2, -0.15) is 16.8 Å². The first kappa shape index (κ1) is 16.8. The molecule has 0 radical (unpaired) electrons. The Labute approximate surface area is 145 Å². The smallest absolute Gasteiger partial charge is 0.322 e. The Morgan fingerprint density at radius 3 is 2.50 bits per heavy atom. The molecule has 6 nitrogen and oxygen atoms in total. The maximum atomic E-state index is 12.6. The van der Waals surface area contributed by atoms with Crippen LogP contribution in [-0.4, -0.2) is 34.6 Å². The second kappa shape index (κ2) is 6.84. The van der Waals surface area contributed by atoms with Gasteiger partial charge in [0.1, 0.15) is 5.54 Å². The van der Waals surface area contributed by atoms with Crippen molar-refractivity contribution in [3.8, 4) is 0 Å². The average Bonchev–Trinajstić information content (AvgIpc) is 2.80. The van der Waals surface area contributed by atoms with Gasteiger partial charge in [0.05, 0.1) is 0 Å². The van der Waals surface area contributed by atoms with Gasteiger partial charge in [0.2, 0.25) is 0 Å². The largest absolute Gasteiger partial charge is 0.344 e. The normalized spacial score (nSPS) is 19.5. The van der Waals surface area contributed by atoms with E-state index in [-0.39, 0.29) is 5.91 Å². The molecule has 1 aliphatic carbocycles. The van der Waals surface area contributed by atoms with Gasteiger partial charge in [-0.05, 0) is 36.8 Å². The summed E-state index contributed by atoms with van der Waals surface area (Å²) in [6.45, 7) is 0. The van der Waals surface area contributed by atoms with E-state index in [2.05, 4.69) is 10.7 Å². The van der Waals surface area contributed by atoms with E-state index in [1.165, 1.54) is 0 Å². The van der Waals surface area contributed by atoms with E-state index in [9.17, 15) is 14.4 Å². The zero-order valence-corrected chi connectivity index (χ0v) is 14.4. The van der Waals surface area contributed by atoms with Crippen molar-refractivity contribution < 1.29 is 14.4 Å². The number of nitrogens with one attached hydrogen (secondary N) is 2. The second-order valence-corrected chi connectivity index (χ2v) is 7.15. The molecule has 7 heteroatoms. The van der Waals surface area contributed by atoms with Crippen molar-refractivity contribution in [2.45, 2.75) is 43.4 Å². The van der Waals surface area contributed by atoms with Crippen molar-refractivity contribution in [3.63, 3.8) is 0 Å². The molecular weight excluding hydrogens is 326 g/mol. The lowest BCUT2D eigenvalue weighted by molar-refractivity contribution is -0.134. The number of thioether (sulfide) groups is 1. The van der Waals surface area contributed by atoms with Crippen LogP contribution in [0.3, 0.4) is 0 Å². The predicted octanol–water partition coefficient (Wildman–Crippen LogP) is 2.45. The highest BCUT2D eigenvalue weighted by Gasteiger charge is 2.52. The highest BCUT2D eigenvalue weighted by atomic mass is 32.2. The predicted molar refractivity (Wildman–Crippen MR) is 92.3 cm³/mol. The Morgan fingerprint density at radius 1 is 1.21 bits per heavy atom. The molecule has 1 spiro atoms. The molecule has 4 amide bonds. The number of carbonyl (C=O) groups excluding carboxylic acids is 3. The Hall–Kier alpha value is -2.02. The fourth-order valence-electron chi connectivity index (χ4n) is 3.30. The third kappa shape index (κ3) is 3.13. The van der Waals surface area contributed by atoms with Crippen LogP contribution >= 0.6 is 11.8 Å². The first-order valence-electron chi connectivity index (χ1n) is 8.11. The maximum absolute atomic E-state index is 12.6. The van der Waals surface area contributed by atoms with E-state index in [1.807, 2.05) is 18.4 Å². The summed E-state index contributed by atoms with van der Waals surface area (Å²) in [6, 6.07) is 6.61. The van der Waals surface area contributed by atoms with Crippen LogP contribution in [0, 0.1) is 0 Å². The number of urea groups is 1. The minimum absolute atomic E-state index is 0.348. The molecule has 0 aromatic heterocycles. The number of amides is 4. The number of hydrazine groups is 1. The number of imide groups is 1. The number of benzene rings is 1. The molecule has 3 rings (SSSR count). The van der Waals surface area contributed by atoms with Crippen LogP contribution in [0.5, 0.6) is 0 Å². The molecule has 1 aromatic carbocycles. The van der Waals surface area contributed by atoms with Gasteiger partial charge in [0.15, 0.2) is 0 Å². The number of hydrogen-bond acceptors (Lipinski definition) is 4. The molecule has 1 heterocycles. The highest BCUT2D eigenvalue weighted by molar-refractivity contribution is 7.97. The number of carbonyl (C=O) groups is 3. The van der Waals surface area contributed by atoms with Crippen LogP contribution in [0.15, 0.2) is 24.3 Å². The summed E-state index contributed by atoms with van der Waals surface area (Å²) in [4.78, 5) is 37.1. The molecule has 0 bridgehead atoms. The van der Waals surface area contributed by atoms with E-state index < -0.39 is 17.5 Å². The van der Waals surface area contributed by atoms with Gasteiger partial charge in [-0.25, -0.2) is 4.79 Å². The van der Waals surface area contributed by atoms with E-state index in [0.29, 0.717) is 18.4 Å². The molecule has 0 unspecified atom stereocenters. The van der Waals surface area contributed by atoms with Crippen LogP contribution < -0.4 is 10.7 Å². The molecule has 24 heavy (non-hydrogen) atoms. The van der Waals surface area contributed by atoms with E-state index >= 15 is 0 Å². The van der Waals surface area contributed by atoms with E-state index in [0.717, 1.165) is 35.6 Å². The lowest BCUT2D eigenvalue weighted by Gasteiger charge is -2.30. The van der Waals surface area contributed by atoms with Crippen molar-refractivity contribution in [3.05, 3.63) is 35.4 Å². The lowest BCUT2D eigenvalue weighted by atomic mass is 9.82. The zero-order chi connectivity index (χ0) is 17.2. The van der Waals surface area contributed by atoms with Gasteiger partial charge in [-0.1, -0.05) is 31.4 Å². The minimum atomic E-state index is -0.829. The fourth-order valence-corrected chi connectivity index (χ4v) is 3.83. The third-order valence-corrected chi connectivity index (χ3v) is 5.23. The minimum Gasteiger partial charge on any atom is -0.322 e. The molecule has 128 valence electrons. The lowest BCUT2D eigenvalue weighted by Crippen LogP contribution is -2.50. The number of nitrogens with zero attached hydrogens (tertiary/aromatic N) is 1. The fraction of sp³-hybridized carbons (Fsp3) is 0.471. The SMILES string of the molecule is CSCc1ccc(C(=O)NN2C(=O)NC3(CCCCC3)C2=O)cc1. The number of hydrogen-bond donors (Lipinski definition) is 2. The molecule has 0 atom stereocenters. The van der Waals surface area contributed by atoms with Gasteiger partial charge in [0.25, 0.3) is 11.8 Å². The summed E-state index contributed by atoms with van der Waals surface area (Å²) in [5.74, 6) is 0.0684. The van der Waals surface area contributed by atoms with Gasteiger partial charge < -0.3 is 5.32 Å². The van der Waals surface area contributed by atoms with Crippen molar-refractivity contribution in [2.24, 2.45) is 0 Å². The summed E-state index contributed by atoms with van der Waals surface area (Å²) in [6.07, 6.45) is 6.16. The summed E-state index contributed by atoms with van der Waals surface area (Å²) >= 11 is 1.70. The van der Waals surface area contributed by atoms with Gasteiger partial charge in [-0.3, -0.25) is 15.0 Å². The molecule has 1 aliphatic heterocycles. The first-order valence-corrected chi connectivity index (χ1v) is 9.51. The molecular formula is C17H21N3O3S. The Morgan fingerprint density at radius 2 is 1.88 bits per heavy atom. The van der Waals surface area contributed by atoms with Crippen LogP contribution in [0.2, 0.25) is 0 Å². The van der Waals surface area contributed by atoms with E-state index in [1.54, 1.807) is 23.9 Å². The molecule has 1 saturated heterocycles. The molecule has 2 N–H and O–H groups in total. The Kier molecular flexibility index (Phi) is 4.80. The third-order valence-electron chi connectivity index (χ3n) is 4.61. The molecule has 2 fully saturated rings. The molecule has 1 saturated carbocycles. The summed E-state index contributed by atoms with van der Waals surface area (Å²) < 4.78 is 0. The van der Waals surface area contributed by atoms with Crippen molar-refractivity contribution >= 4 is 29.6 Å². The second-order valence-electron chi connectivity index (χ2n) is 6.28. The quantitative estimate of drug-likeness (QED) is 0.820. The van der Waals surface area contributed by atoms with Crippen molar-refractivity contribution in [1.82, 2.24) is 15.8 Å². The standard InChI is InChI=1S/C17H21N3O3S/c1-24-11-12-5-7-13(8-6-12)14(21)19-20-15(22)17(18-16(20)23)9-3-2-4-10-17/h5-8H,2-4,9-11H2,1H3,(H,18,23)(H,19,21). The van der Waals surface area contributed by atoms with Crippen molar-refractivity contribution in [2.75, 3.05) is 6.26 Å². The zero-order valence-electron chi connectivity index (χ0n) is 13.6. The molecule has 1 aromatic rings. The van der Waals surface area contributed by atoms with Gasteiger partial charge in [0, 0.05) is 11.3 Å². The van der Waals surface area contributed by atoms with Crippen LogP contribution in [-0.2, 0) is 10.5 Å². The molecule has 2 aliphatic rings. The topological polar surface area (TPSA) is 78.5 Å². The number of rotatable bonds is 4. The highest BCUT2D eigenvalue weighted by Crippen LogP contribution is 2.33. The Bertz CT molecular complexity index is 654. The Balaban J connectivity index is 1.69. The van der Waals surface area contributed by atoms with Crippen LogP contribution in [0.4, 0.5) is 4.79 Å². The van der Waals surface area contributed by atoms with E-state index in [4.69, 9.17) is 0 Å².